The summed E-state index contributed by atoms with van der Waals surface area (Å²) in [6.45, 7) is 1.96. The molecule has 0 atom stereocenters. The van der Waals surface area contributed by atoms with Gasteiger partial charge in [-0.2, -0.15) is 5.10 Å². The summed E-state index contributed by atoms with van der Waals surface area (Å²) in [5.74, 6) is 0.788. The second-order valence-electron chi connectivity index (χ2n) is 4.53. The highest BCUT2D eigenvalue weighted by atomic mass is 16.5. The van der Waals surface area contributed by atoms with E-state index in [0.29, 0.717) is 25.5 Å². The molecule has 0 spiro atoms. The number of methoxy groups -OCH3 is 1. The van der Waals surface area contributed by atoms with E-state index < -0.39 is 0 Å². The monoisotopic (exact) mass is 237 g/mol. The number of hydrogen-bond acceptors (Lipinski definition) is 3. The Bertz CT molecular complexity index is 372. The van der Waals surface area contributed by atoms with E-state index in [4.69, 9.17) is 4.74 Å². The van der Waals surface area contributed by atoms with E-state index in [9.17, 15) is 4.79 Å². The van der Waals surface area contributed by atoms with E-state index in [-0.39, 0.29) is 5.91 Å². The Morgan fingerprint density at radius 1 is 1.65 bits per heavy atom. The molecule has 1 aromatic heterocycles. The first-order valence-electron chi connectivity index (χ1n) is 6.05. The van der Waals surface area contributed by atoms with Crippen LogP contribution in [0, 0.1) is 5.92 Å². The molecule has 5 nitrogen and oxygen atoms in total. The van der Waals surface area contributed by atoms with Crippen molar-refractivity contribution in [2.24, 2.45) is 5.92 Å². The second kappa shape index (κ2) is 5.82. The van der Waals surface area contributed by atoms with Gasteiger partial charge in [-0.25, -0.2) is 0 Å². The molecule has 0 saturated heterocycles. The Morgan fingerprint density at radius 2 is 2.47 bits per heavy atom. The van der Waals surface area contributed by atoms with Gasteiger partial charge >= 0.3 is 0 Å². The normalized spacial score (nSPS) is 14.9. The number of aromatic nitrogens is 2. The molecule has 1 fully saturated rings. The lowest BCUT2D eigenvalue weighted by Gasteiger charge is -2.02. The molecular weight excluding hydrogens is 218 g/mol. The second-order valence-corrected chi connectivity index (χ2v) is 4.53. The Kier molecular flexibility index (Phi) is 4.14. The first kappa shape index (κ1) is 12.1. The van der Waals surface area contributed by atoms with Crippen molar-refractivity contribution in [2.75, 3.05) is 13.7 Å². The van der Waals surface area contributed by atoms with E-state index in [2.05, 4.69) is 10.4 Å². The molecule has 0 unspecified atom stereocenters. The third-order valence-electron chi connectivity index (χ3n) is 2.87. The molecular formula is C12H19N3O2. The van der Waals surface area contributed by atoms with E-state index in [1.807, 2.05) is 10.9 Å². The predicted molar refractivity (Wildman–Crippen MR) is 63.3 cm³/mol. The van der Waals surface area contributed by atoms with Crippen molar-refractivity contribution in [1.82, 2.24) is 15.1 Å². The molecule has 0 radical (unpaired) electrons. The predicted octanol–water partition coefficient (Wildman–Crippen LogP) is 0.946. The van der Waals surface area contributed by atoms with Crippen LogP contribution in [0.4, 0.5) is 0 Å². The van der Waals surface area contributed by atoms with Gasteiger partial charge < -0.3 is 10.1 Å². The van der Waals surface area contributed by atoms with Crippen molar-refractivity contribution in [3.63, 3.8) is 0 Å². The van der Waals surface area contributed by atoms with Crippen LogP contribution in [0.3, 0.4) is 0 Å². The van der Waals surface area contributed by atoms with Crippen LogP contribution in [-0.4, -0.2) is 29.4 Å². The molecule has 94 valence electrons. The summed E-state index contributed by atoms with van der Waals surface area (Å²) in [4.78, 5) is 11.5. The maximum absolute atomic E-state index is 11.5. The SMILES string of the molecule is COCCn1cc(CNC(=O)CC2CC2)cn1. The highest BCUT2D eigenvalue weighted by Gasteiger charge is 2.24. The minimum Gasteiger partial charge on any atom is -0.383 e. The molecule has 0 bridgehead atoms. The third kappa shape index (κ3) is 4.19. The van der Waals surface area contributed by atoms with E-state index in [1.165, 1.54) is 12.8 Å². The Morgan fingerprint density at radius 3 is 3.18 bits per heavy atom. The van der Waals surface area contributed by atoms with Gasteiger partial charge in [-0.15, -0.1) is 0 Å². The molecule has 0 aliphatic heterocycles. The lowest BCUT2D eigenvalue weighted by Crippen LogP contribution is -2.22. The minimum absolute atomic E-state index is 0.150. The Labute approximate surface area is 101 Å². The van der Waals surface area contributed by atoms with Crippen LogP contribution in [0.5, 0.6) is 0 Å². The van der Waals surface area contributed by atoms with Crippen molar-refractivity contribution >= 4 is 5.91 Å². The van der Waals surface area contributed by atoms with Gasteiger partial charge in [0.25, 0.3) is 0 Å². The first-order chi connectivity index (χ1) is 8.28. The molecule has 2 rings (SSSR count). The molecule has 1 N–H and O–H groups in total. The molecule has 1 heterocycles. The lowest BCUT2D eigenvalue weighted by atomic mass is 10.2. The molecule has 17 heavy (non-hydrogen) atoms. The molecule has 1 aromatic rings. The number of rotatable bonds is 7. The zero-order chi connectivity index (χ0) is 12.1. The standard InChI is InChI=1S/C12H19N3O2/c1-17-5-4-15-9-11(8-14-15)7-13-12(16)6-10-2-3-10/h8-10H,2-7H2,1H3,(H,13,16). The Hall–Kier alpha value is -1.36. The first-order valence-corrected chi connectivity index (χ1v) is 6.05. The summed E-state index contributed by atoms with van der Waals surface area (Å²) in [5, 5.41) is 7.11. The van der Waals surface area contributed by atoms with Crippen LogP contribution in [0.25, 0.3) is 0 Å². The number of nitrogens with one attached hydrogen (secondary N) is 1. The molecule has 5 heteroatoms. The van der Waals surface area contributed by atoms with Crippen molar-refractivity contribution in [3.8, 4) is 0 Å². The van der Waals surface area contributed by atoms with Crippen LogP contribution in [0.2, 0.25) is 0 Å². The summed E-state index contributed by atoms with van der Waals surface area (Å²) in [6.07, 6.45) is 6.83. The third-order valence-corrected chi connectivity index (χ3v) is 2.87. The van der Waals surface area contributed by atoms with E-state index in [0.717, 1.165) is 12.1 Å². The summed E-state index contributed by atoms with van der Waals surface area (Å²) < 4.78 is 6.80. The van der Waals surface area contributed by atoms with Crippen LogP contribution in [-0.2, 0) is 22.6 Å². The number of amides is 1. The Balaban J connectivity index is 1.70. The van der Waals surface area contributed by atoms with Gasteiger partial charge in [0, 0.05) is 31.8 Å². The van der Waals surface area contributed by atoms with Gasteiger partial charge in [-0.05, 0) is 18.8 Å². The quantitative estimate of drug-likeness (QED) is 0.768. The molecule has 1 amide bonds. The maximum Gasteiger partial charge on any atom is 0.220 e. The van der Waals surface area contributed by atoms with Crippen molar-refractivity contribution in [1.29, 1.82) is 0 Å². The number of ether oxygens (including phenoxy) is 1. The summed E-state index contributed by atoms with van der Waals surface area (Å²) in [7, 11) is 1.67. The van der Waals surface area contributed by atoms with Crippen molar-refractivity contribution < 1.29 is 9.53 Å². The van der Waals surface area contributed by atoms with Crippen molar-refractivity contribution in [3.05, 3.63) is 18.0 Å². The number of nitrogens with zero attached hydrogens (tertiary/aromatic N) is 2. The van der Waals surface area contributed by atoms with Gasteiger partial charge in [0.1, 0.15) is 0 Å². The number of carbonyl (C=O) groups excluding carboxylic acids is 1. The van der Waals surface area contributed by atoms with Crippen LogP contribution in [0.15, 0.2) is 12.4 Å². The van der Waals surface area contributed by atoms with Gasteiger partial charge in [0.15, 0.2) is 0 Å². The smallest absolute Gasteiger partial charge is 0.220 e. The van der Waals surface area contributed by atoms with Gasteiger partial charge in [-0.1, -0.05) is 0 Å². The number of carbonyl (C=O) groups is 1. The van der Waals surface area contributed by atoms with E-state index >= 15 is 0 Å². The maximum atomic E-state index is 11.5. The van der Waals surface area contributed by atoms with E-state index in [1.54, 1.807) is 13.3 Å². The average Bonchev–Trinajstić information content (AvgIpc) is 3.01. The highest BCUT2D eigenvalue weighted by Crippen LogP contribution is 2.32. The fourth-order valence-corrected chi connectivity index (χ4v) is 1.66. The largest absolute Gasteiger partial charge is 0.383 e. The summed E-state index contributed by atoms with van der Waals surface area (Å²) in [6, 6.07) is 0. The molecule has 0 aromatic carbocycles. The highest BCUT2D eigenvalue weighted by molar-refractivity contribution is 5.76. The van der Waals surface area contributed by atoms with Gasteiger partial charge in [0.2, 0.25) is 5.91 Å². The zero-order valence-corrected chi connectivity index (χ0v) is 10.2. The van der Waals surface area contributed by atoms with Crippen LogP contribution < -0.4 is 5.32 Å². The summed E-state index contributed by atoms with van der Waals surface area (Å²) in [5.41, 5.74) is 1.03. The van der Waals surface area contributed by atoms with Crippen LogP contribution in [0.1, 0.15) is 24.8 Å². The fraction of sp³-hybridized carbons (Fsp3) is 0.667. The van der Waals surface area contributed by atoms with Crippen LogP contribution >= 0.6 is 0 Å². The topological polar surface area (TPSA) is 56.1 Å². The number of hydrogen-bond donors (Lipinski definition) is 1. The minimum atomic E-state index is 0.150. The van der Waals surface area contributed by atoms with Gasteiger partial charge in [0.05, 0.1) is 19.3 Å². The zero-order valence-electron chi connectivity index (χ0n) is 10.2. The van der Waals surface area contributed by atoms with Gasteiger partial charge in [-0.3, -0.25) is 9.48 Å². The lowest BCUT2D eigenvalue weighted by molar-refractivity contribution is -0.121. The molecule has 1 aliphatic carbocycles. The molecule has 1 aliphatic rings. The molecule has 1 saturated carbocycles. The summed E-state index contributed by atoms with van der Waals surface area (Å²) >= 11 is 0. The average molecular weight is 237 g/mol. The van der Waals surface area contributed by atoms with Crippen molar-refractivity contribution in [2.45, 2.75) is 32.4 Å². The fourth-order valence-electron chi connectivity index (χ4n) is 1.66.